The highest BCUT2D eigenvalue weighted by Crippen LogP contribution is 2.33. The van der Waals surface area contributed by atoms with Crippen molar-refractivity contribution in [1.82, 2.24) is 19.7 Å². The number of nitrogens with one attached hydrogen (secondary N) is 1. The second-order valence-electron chi connectivity index (χ2n) is 6.15. The Hall–Kier alpha value is -2.21. The molecule has 1 atom stereocenters. The normalized spacial score (nSPS) is 21.6. The quantitative estimate of drug-likeness (QED) is 0.939. The molecule has 1 saturated heterocycles. The van der Waals surface area contributed by atoms with E-state index in [0.29, 0.717) is 6.04 Å². The Morgan fingerprint density at radius 3 is 2.55 bits per heavy atom. The molecule has 1 aromatic carbocycles. The molecule has 0 spiro atoms. The summed E-state index contributed by atoms with van der Waals surface area (Å²) in [4.78, 5) is 18.7. The van der Waals surface area contributed by atoms with Crippen LogP contribution in [0.1, 0.15) is 27.2 Å². The van der Waals surface area contributed by atoms with Crippen LogP contribution in [-0.2, 0) is 4.79 Å². The minimum atomic E-state index is -0.404. The van der Waals surface area contributed by atoms with Crippen LogP contribution >= 0.6 is 0 Å². The van der Waals surface area contributed by atoms with Gasteiger partial charge in [0.15, 0.2) is 0 Å². The molecule has 1 unspecified atom stereocenters. The molecule has 0 saturated carbocycles. The van der Waals surface area contributed by atoms with E-state index in [2.05, 4.69) is 34.1 Å². The maximum absolute atomic E-state index is 12.6. The molecule has 2 aromatic rings. The first-order valence-electron chi connectivity index (χ1n) is 7.54. The lowest BCUT2D eigenvalue weighted by Crippen LogP contribution is -2.66. The van der Waals surface area contributed by atoms with Gasteiger partial charge in [-0.3, -0.25) is 9.69 Å². The number of benzene rings is 1. The van der Waals surface area contributed by atoms with E-state index in [4.69, 9.17) is 0 Å². The summed E-state index contributed by atoms with van der Waals surface area (Å²) in [6, 6.07) is 7.97. The van der Waals surface area contributed by atoms with Crippen LogP contribution < -0.4 is 5.32 Å². The van der Waals surface area contributed by atoms with Crippen LogP contribution in [0.25, 0.3) is 5.69 Å². The first-order chi connectivity index (χ1) is 10.5. The van der Waals surface area contributed by atoms with Crippen LogP contribution in [0.4, 0.5) is 5.69 Å². The number of nitrogens with zero attached hydrogens (tertiary/aromatic N) is 4. The number of aromatic nitrogens is 3. The van der Waals surface area contributed by atoms with Crippen LogP contribution in [0, 0.1) is 0 Å². The topological polar surface area (TPSA) is 63.1 Å². The number of likely N-dealkylation sites (tertiary alicyclic amines) is 1. The maximum atomic E-state index is 12.6. The highest BCUT2D eigenvalue weighted by atomic mass is 16.2. The van der Waals surface area contributed by atoms with E-state index in [1.807, 2.05) is 31.2 Å². The molecule has 0 aliphatic carbocycles. The summed E-state index contributed by atoms with van der Waals surface area (Å²) in [6.45, 7) is 7.23. The van der Waals surface area contributed by atoms with Crippen molar-refractivity contribution in [2.45, 2.75) is 38.8 Å². The Morgan fingerprint density at radius 2 is 2.05 bits per heavy atom. The Balaban J connectivity index is 1.70. The molecule has 3 rings (SSSR count). The predicted octanol–water partition coefficient (Wildman–Crippen LogP) is 2.08. The van der Waals surface area contributed by atoms with Gasteiger partial charge in [0, 0.05) is 18.3 Å². The number of carbonyl (C=O) groups is 1. The van der Waals surface area contributed by atoms with Gasteiger partial charge < -0.3 is 5.32 Å². The lowest BCUT2D eigenvalue weighted by molar-refractivity contribution is -0.138. The van der Waals surface area contributed by atoms with Crippen molar-refractivity contribution >= 4 is 11.6 Å². The zero-order valence-electron chi connectivity index (χ0n) is 13.2. The summed E-state index contributed by atoms with van der Waals surface area (Å²) in [5.74, 6) is 0.0564. The van der Waals surface area contributed by atoms with Crippen molar-refractivity contribution in [3.63, 3.8) is 0 Å². The average molecular weight is 299 g/mol. The highest BCUT2D eigenvalue weighted by Gasteiger charge is 2.47. The predicted molar refractivity (Wildman–Crippen MR) is 84.9 cm³/mol. The van der Waals surface area contributed by atoms with E-state index in [1.165, 1.54) is 6.33 Å². The molecule has 1 fully saturated rings. The smallest absolute Gasteiger partial charge is 0.244 e. The second-order valence-corrected chi connectivity index (χ2v) is 6.15. The molecule has 1 aliphatic heterocycles. The minimum Gasteiger partial charge on any atom is -0.324 e. The standard InChI is InChI=1S/C16H21N5O/c1-12(2)20-9-8-16(20,3)15(22)19-13-4-6-14(7-5-13)21-11-17-10-18-21/h4-7,10-12H,8-9H2,1-3H3,(H,19,22). The van der Waals surface area contributed by atoms with E-state index >= 15 is 0 Å². The van der Waals surface area contributed by atoms with E-state index in [-0.39, 0.29) is 5.91 Å². The number of hydrogen-bond acceptors (Lipinski definition) is 4. The van der Waals surface area contributed by atoms with Gasteiger partial charge in [-0.25, -0.2) is 9.67 Å². The zero-order chi connectivity index (χ0) is 15.7. The minimum absolute atomic E-state index is 0.0564. The molecule has 116 valence electrons. The second kappa shape index (κ2) is 5.53. The summed E-state index contributed by atoms with van der Waals surface area (Å²) in [6.07, 6.45) is 4.03. The number of amides is 1. The Kier molecular flexibility index (Phi) is 3.70. The van der Waals surface area contributed by atoms with Gasteiger partial charge >= 0.3 is 0 Å². The van der Waals surface area contributed by atoms with Crippen molar-refractivity contribution in [3.8, 4) is 5.69 Å². The lowest BCUT2D eigenvalue weighted by atomic mass is 9.84. The Bertz CT molecular complexity index is 650. The molecule has 0 radical (unpaired) electrons. The first-order valence-corrected chi connectivity index (χ1v) is 7.54. The van der Waals surface area contributed by atoms with Gasteiger partial charge in [0.05, 0.1) is 11.2 Å². The molecule has 0 bridgehead atoms. The molecule has 2 heterocycles. The number of carbonyl (C=O) groups excluding carboxylic acids is 1. The number of anilines is 1. The molecule has 1 N–H and O–H groups in total. The van der Waals surface area contributed by atoms with Crippen molar-refractivity contribution in [2.24, 2.45) is 0 Å². The van der Waals surface area contributed by atoms with Crippen molar-refractivity contribution in [3.05, 3.63) is 36.9 Å². The highest BCUT2D eigenvalue weighted by molar-refractivity contribution is 5.98. The van der Waals surface area contributed by atoms with Gasteiger partial charge in [-0.1, -0.05) is 0 Å². The number of rotatable bonds is 4. The van der Waals surface area contributed by atoms with E-state index in [1.54, 1.807) is 11.0 Å². The summed E-state index contributed by atoms with van der Waals surface area (Å²) in [5.41, 5.74) is 1.30. The van der Waals surface area contributed by atoms with Crippen molar-refractivity contribution in [1.29, 1.82) is 0 Å². The van der Waals surface area contributed by atoms with Crippen LogP contribution in [-0.4, -0.2) is 43.7 Å². The molecule has 1 aromatic heterocycles. The van der Waals surface area contributed by atoms with Gasteiger partial charge in [0.1, 0.15) is 12.7 Å². The van der Waals surface area contributed by atoms with Gasteiger partial charge in [0.2, 0.25) is 5.91 Å². The van der Waals surface area contributed by atoms with Crippen LogP contribution in [0.3, 0.4) is 0 Å². The fourth-order valence-corrected chi connectivity index (χ4v) is 2.95. The van der Waals surface area contributed by atoms with E-state index < -0.39 is 5.54 Å². The van der Waals surface area contributed by atoms with Crippen molar-refractivity contribution in [2.75, 3.05) is 11.9 Å². The lowest BCUT2D eigenvalue weighted by Gasteiger charge is -2.51. The third kappa shape index (κ3) is 2.50. The largest absolute Gasteiger partial charge is 0.324 e. The zero-order valence-corrected chi connectivity index (χ0v) is 13.2. The van der Waals surface area contributed by atoms with Gasteiger partial charge in [-0.15, -0.1) is 0 Å². The average Bonchev–Trinajstić information content (AvgIpc) is 2.99. The molecular weight excluding hydrogens is 278 g/mol. The van der Waals surface area contributed by atoms with Gasteiger partial charge in [-0.05, 0) is 51.5 Å². The molecule has 6 heteroatoms. The fraction of sp³-hybridized carbons (Fsp3) is 0.438. The molecule has 1 aliphatic rings. The van der Waals surface area contributed by atoms with E-state index in [0.717, 1.165) is 24.3 Å². The molecule has 22 heavy (non-hydrogen) atoms. The van der Waals surface area contributed by atoms with Gasteiger partial charge in [-0.2, -0.15) is 5.10 Å². The Morgan fingerprint density at radius 1 is 1.32 bits per heavy atom. The van der Waals surface area contributed by atoms with E-state index in [9.17, 15) is 4.79 Å². The summed E-state index contributed by atoms with van der Waals surface area (Å²) < 4.78 is 1.68. The van der Waals surface area contributed by atoms with Gasteiger partial charge in [0.25, 0.3) is 0 Å². The molecule has 6 nitrogen and oxygen atoms in total. The van der Waals surface area contributed by atoms with Crippen LogP contribution in [0.2, 0.25) is 0 Å². The maximum Gasteiger partial charge on any atom is 0.244 e. The van der Waals surface area contributed by atoms with Crippen LogP contribution in [0.15, 0.2) is 36.9 Å². The SMILES string of the molecule is CC(C)N1CCC1(C)C(=O)Nc1ccc(-n2cncn2)cc1. The summed E-state index contributed by atoms with van der Waals surface area (Å²) >= 11 is 0. The summed E-state index contributed by atoms with van der Waals surface area (Å²) in [5, 5.41) is 7.10. The third-order valence-electron chi connectivity index (χ3n) is 4.39. The third-order valence-corrected chi connectivity index (χ3v) is 4.39. The fourth-order valence-electron chi connectivity index (χ4n) is 2.95. The number of hydrogen-bond donors (Lipinski definition) is 1. The molecule has 1 amide bonds. The Labute approximate surface area is 130 Å². The van der Waals surface area contributed by atoms with Crippen LogP contribution in [0.5, 0.6) is 0 Å². The first kappa shape index (κ1) is 14.7. The van der Waals surface area contributed by atoms with Crippen molar-refractivity contribution < 1.29 is 4.79 Å². The molecular formula is C16H21N5O. The summed E-state index contributed by atoms with van der Waals surface area (Å²) in [7, 11) is 0. The monoisotopic (exact) mass is 299 g/mol.